The SMILES string of the molecule is O=S(=O)(O)c1c(NO)cc2ccc3cccc4ccc1c2c34. The van der Waals surface area contributed by atoms with Crippen LogP contribution < -0.4 is 5.48 Å². The van der Waals surface area contributed by atoms with Gasteiger partial charge in [-0.2, -0.15) is 8.42 Å². The maximum Gasteiger partial charge on any atom is 0.297 e. The van der Waals surface area contributed by atoms with Gasteiger partial charge in [0.15, 0.2) is 0 Å². The fourth-order valence-electron chi connectivity index (χ4n) is 3.15. The molecule has 0 aliphatic heterocycles. The molecule has 110 valence electrons. The van der Waals surface area contributed by atoms with Crippen LogP contribution in [0.4, 0.5) is 5.69 Å². The average Bonchev–Trinajstić information content (AvgIpc) is 2.50. The lowest BCUT2D eigenvalue weighted by Crippen LogP contribution is -2.05. The zero-order chi connectivity index (χ0) is 15.5. The van der Waals surface area contributed by atoms with Gasteiger partial charge in [-0.05, 0) is 33.0 Å². The molecule has 0 atom stereocenters. The molecule has 5 nitrogen and oxygen atoms in total. The number of rotatable bonds is 2. The van der Waals surface area contributed by atoms with Crippen molar-refractivity contribution < 1.29 is 18.2 Å². The molecule has 0 aliphatic rings. The Labute approximate surface area is 125 Å². The van der Waals surface area contributed by atoms with Gasteiger partial charge in [0, 0.05) is 5.39 Å². The van der Waals surface area contributed by atoms with Gasteiger partial charge in [0.1, 0.15) is 4.90 Å². The van der Waals surface area contributed by atoms with Gasteiger partial charge in [-0.3, -0.25) is 15.2 Å². The third kappa shape index (κ3) is 1.69. The Hall–Kier alpha value is -2.41. The largest absolute Gasteiger partial charge is 0.297 e. The molecule has 6 heteroatoms. The predicted octanol–water partition coefficient (Wildman–Crippen LogP) is 3.63. The van der Waals surface area contributed by atoms with E-state index >= 15 is 0 Å². The van der Waals surface area contributed by atoms with Crippen LogP contribution in [-0.4, -0.2) is 18.2 Å². The van der Waals surface area contributed by atoms with E-state index in [1.165, 1.54) is 6.07 Å². The Morgan fingerprint density at radius 3 is 2.14 bits per heavy atom. The minimum absolute atomic E-state index is 0.0478. The Morgan fingerprint density at radius 1 is 0.864 bits per heavy atom. The van der Waals surface area contributed by atoms with E-state index in [2.05, 4.69) is 0 Å². The molecule has 0 aromatic heterocycles. The van der Waals surface area contributed by atoms with E-state index in [-0.39, 0.29) is 10.6 Å². The summed E-state index contributed by atoms with van der Waals surface area (Å²) in [4.78, 5) is -0.319. The van der Waals surface area contributed by atoms with Crippen molar-refractivity contribution in [1.82, 2.24) is 0 Å². The summed E-state index contributed by atoms with van der Waals surface area (Å²) in [5.41, 5.74) is 1.82. The van der Waals surface area contributed by atoms with Gasteiger partial charge in [-0.1, -0.05) is 42.5 Å². The molecule has 0 spiro atoms. The normalized spacial score (nSPS) is 12.5. The van der Waals surface area contributed by atoms with Crippen molar-refractivity contribution in [3.63, 3.8) is 0 Å². The molecule has 4 rings (SSSR count). The van der Waals surface area contributed by atoms with Crippen LogP contribution in [0.2, 0.25) is 0 Å². The van der Waals surface area contributed by atoms with Crippen molar-refractivity contribution in [2.75, 3.05) is 5.48 Å². The highest BCUT2D eigenvalue weighted by molar-refractivity contribution is 7.86. The monoisotopic (exact) mass is 313 g/mol. The van der Waals surface area contributed by atoms with Crippen LogP contribution in [0.3, 0.4) is 0 Å². The number of anilines is 1. The van der Waals surface area contributed by atoms with Crippen LogP contribution >= 0.6 is 0 Å². The van der Waals surface area contributed by atoms with E-state index in [4.69, 9.17) is 0 Å². The van der Waals surface area contributed by atoms with Gasteiger partial charge in [0.05, 0.1) is 5.69 Å². The molecule has 3 N–H and O–H groups in total. The van der Waals surface area contributed by atoms with E-state index in [1.54, 1.807) is 12.1 Å². The fraction of sp³-hybridized carbons (Fsp3) is 0. The molecule has 0 saturated carbocycles. The first-order valence-corrected chi connectivity index (χ1v) is 8.03. The molecular weight excluding hydrogens is 302 g/mol. The summed E-state index contributed by atoms with van der Waals surface area (Å²) in [6.45, 7) is 0. The topological polar surface area (TPSA) is 86.6 Å². The van der Waals surface area contributed by atoms with Gasteiger partial charge in [0.2, 0.25) is 0 Å². The summed E-state index contributed by atoms with van der Waals surface area (Å²) in [5, 5.41) is 14.1. The lowest BCUT2D eigenvalue weighted by molar-refractivity contribution is 0.386. The van der Waals surface area contributed by atoms with E-state index in [9.17, 15) is 18.2 Å². The summed E-state index contributed by atoms with van der Waals surface area (Å²) in [5.74, 6) is 0. The van der Waals surface area contributed by atoms with Crippen molar-refractivity contribution in [2.45, 2.75) is 4.90 Å². The highest BCUT2D eigenvalue weighted by Crippen LogP contribution is 2.40. The number of hydrogen-bond acceptors (Lipinski definition) is 4. The summed E-state index contributed by atoms with van der Waals surface area (Å²) in [6.07, 6.45) is 0. The van der Waals surface area contributed by atoms with Gasteiger partial charge in [-0.25, -0.2) is 0 Å². The molecule has 0 aliphatic carbocycles. The van der Waals surface area contributed by atoms with Crippen molar-refractivity contribution in [3.8, 4) is 0 Å². The molecule has 4 aromatic carbocycles. The minimum atomic E-state index is -4.49. The van der Waals surface area contributed by atoms with Crippen LogP contribution in [0.15, 0.2) is 53.4 Å². The third-order valence-electron chi connectivity index (χ3n) is 3.98. The maximum atomic E-state index is 11.8. The van der Waals surface area contributed by atoms with E-state index in [0.29, 0.717) is 5.39 Å². The lowest BCUT2D eigenvalue weighted by atomic mass is 9.94. The standard InChI is InChI=1S/C16H11NO4S/c18-17-13-8-11-5-4-9-2-1-3-10-6-7-12(15(11)14(9)10)16(13)22(19,20)21/h1-8,17-18H,(H,19,20,21). The number of nitrogens with one attached hydrogen (secondary N) is 1. The smallest absolute Gasteiger partial charge is 0.291 e. The van der Waals surface area contributed by atoms with Gasteiger partial charge in [0.25, 0.3) is 10.1 Å². The Bertz CT molecular complexity index is 1120. The van der Waals surface area contributed by atoms with Crippen molar-refractivity contribution in [2.24, 2.45) is 0 Å². The van der Waals surface area contributed by atoms with Gasteiger partial charge < -0.3 is 0 Å². The highest BCUT2D eigenvalue weighted by atomic mass is 32.2. The maximum absolute atomic E-state index is 11.8. The molecular formula is C16H11NO4S. The third-order valence-corrected chi connectivity index (χ3v) is 4.93. The first-order chi connectivity index (χ1) is 10.5. The second-order valence-electron chi connectivity index (χ2n) is 5.20. The van der Waals surface area contributed by atoms with Crippen LogP contribution in [0, 0.1) is 0 Å². The first kappa shape index (κ1) is 13.3. The minimum Gasteiger partial charge on any atom is -0.291 e. The summed E-state index contributed by atoms with van der Waals surface area (Å²) < 4.78 is 33.1. The zero-order valence-corrected chi connectivity index (χ0v) is 12.1. The summed E-state index contributed by atoms with van der Waals surface area (Å²) in [7, 11) is -4.49. The number of benzene rings is 4. The molecule has 0 unspecified atom stereocenters. The van der Waals surface area contributed by atoms with E-state index < -0.39 is 10.1 Å². The van der Waals surface area contributed by atoms with Crippen molar-refractivity contribution >= 4 is 48.1 Å². The average molecular weight is 313 g/mol. The molecule has 0 bridgehead atoms. The van der Waals surface area contributed by atoms with Crippen LogP contribution in [0.1, 0.15) is 0 Å². The molecule has 22 heavy (non-hydrogen) atoms. The first-order valence-electron chi connectivity index (χ1n) is 6.59. The summed E-state index contributed by atoms with van der Waals surface area (Å²) >= 11 is 0. The molecule has 0 heterocycles. The lowest BCUT2D eigenvalue weighted by Gasteiger charge is -2.15. The van der Waals surface area contributed by atoms with Crippen molar-refractivity contribution in [1.29, 1.82) is 0 Å². The zero-order valence-electron chi connectivity index (χ0n) is 11.2. The van der Waals surface area contributed by atoms with Gasteiger partial charge in [-0.15, -0.1) is 0 Å². The molecule has 4 aromatic rings. The van der Waals surface area contributed by atoms with Gasteiger partial charge >= 0.3 is 0 Å². The van der Waals surface area contributed by atoms with E-state index in [0.717, 1.165) is 26.9 Å². The Balaban J connectivity index is 2.38. The second kappa shape index (κ2) is 4.30. The molecule has 0 radical (unpaired) electrons. The van der Waals surface area contributed by atoms with Crippen LogP contribution in [-0.2, 0) is 10.1 Å². The Morgan fingerprint density at radius 2 is 1.50 bits per heavy atom. The van der Waals surface area contributed by atoms with Crippen LogP contribution in [0.5, 0.6) is 0 Å². The molecule has 0 saturated heterocycles. The highest BCUT2D eigenvalue weighted by Gasteiger charge is 2.22. The number of hydrogen-bond donors (Lipinski definition) is 3. The van der Waals surface area contributed by atoms with Crippen molar-refractivity contribution in [3.05, 3.63) is 48.5 Å². The molecule has 0 fully saturated rings. The quantitative estimate of drug-likeness (QED) is 0.299. The Kier molecular flexibility index (Phi) is 2.59. The van der Waals surface area contributed by atoms with Crippen LogP contribution in [0.25, 0.3) is 32.3 Å². The predicted molar refractivity (Wildman–Crippen MR) is 85.4 cm³/mol. The molecule has 0 amide bonds. The fourth-order valence-corrected chi connectivity index (χ4v) is 3.98. The van der Waals surface area contributed by atoms with E-state index in [1.807, 2.05) is 35.8 Å². The summed E-state index contributed by atoms with van der Waals surface area (Å²) in [6, 6.07) is 14.6. The second-order valence-corrected chi connectivity index (χ2v) is 6.55.